The van der Waals surface area contributed by atoms with Crippen LogP contribution < -0.4 is 10.6 Å². The molecule has 2 rings (SSSR count). The van der Waals surface area contributed by atoms with Crippen LogP contribution in [0.4, 0.5) is 10.9 Å². The van der Waals surface area contributed by atoms with Crippen LogP contribution in [0.3, 0.4) is 0 Å². The van der Waals surface area contributed by atoms with Crippen molar-refractivity contribution in [3.05, 3.63) is 23.9 Å². The first kappa shape index (κ1) is 11.4. The summed E-state index contributed by atoms with van der Waals surface area (Å²) in [4.78, 5) is 16.0. The van der Waals surface area contributed by atoms with Crippen LogP contribution >= 0.6 is 11.5 Å². The van der Waals surface area contributed by atoms with Crippen molar-refractivity contribution < 1.29 is 4.79 Å². The number of carbonyl (C=O) groups excluding carboxylic acids is 1. The summed E-state index contributed by atoms with van der Waals surface area (Å²) in [6, 6.07) is 3.39. The molecule has 0 saturated heterocycles. The molecule has 0 aliphatic heterocycles. The van der Waals surface area contributed by atoms with Crippen molar-refractivity contribution in [3.8, 4) is 0 Å². The summed E-state index contributed by atoms with van der Waals surface area (Å²) in [7, 11) is 0. The van der Waals surface area contributed by atoms with E-state index in [1.54, 1.807) is 18.3 Å². The van der Waals surface area contributed by atoms with E-state index in [4.69, 9.17) is 0 Å². The third-order valence-corrected chi connectivity index (χ3v) is 2.43. The largest absolute Gasteiger partial charge is 0.370 e. The summed E-state index contributed by atoms with van der Waals surface area (Å²) in [5.41, 5.74) is 0.463. The summed E-state index contributed by atoms with van der Waals surface area (Å²) in [5.74, 6) is 0.262. The molecule has 0 fully saturated rings. The smallest absolute Gasteiger partial charge is 0.261 e. The molecule has 0 unspecified atom stereocenters. The van der Waals surface area contributed by atoms with Gasteiger partial charge in [0.1, 0.15) is 5.82 Å². The molecule has 2 aromatic rings. The number of carbonyl (C=O) groups is 1. The molecule has 0 aromatic carbocycles. The van der Waals surface area contributed by atoms with Gasteiger partial charge < -0.3 is 5.32 Å². The number of rotatable bonds is 4. The molecule has 0 bridgehead atoms. The van der Waals surface area contributed by atoms with Gasteiger partial charge in [-0.15, -0.1) is 0 Å². The fourth-order valence-electron chi connectivity index (χ4n) is 1.24. The summed E-state index contributed by atoms with van der Waals surface area (Å²) in [6.07, 6.45) is 1.63. The van der Waals surface area contributed by atoms with Crippen molar-refractivity contribution in [1.82, 2.24) is 19.8 Å². The van der Waals surface area contributed by atoms with Gasteiger partial charge in [0.2, 0.25) is 5.13 Å². The van der Waals surface area contributed by atoms with Crippen molar-refractivity contribution >= 4 is 28.4 Å². The summed E-state index contributed by atoms with van der Waals surface area (Å²) in [5, 5.41) is 13.0. The van der Waals surface area contributed by atoms with Crippen molar-refractivity contribution in [2.45, 2.75) is 6.92 Å². The molecule has 2 N–H and O–H groups in total. The number of hydrogen-bond donors (Lipinski definition) is 2. The van der Waals surface area contributed by atoms with Crippen LogP contribution in [-0.4, -0.2) is 32.2 Å². The number of pyridine rings is 1. The second-order valence-electron chi connectivity index (χ2n) is 3.05. The maximum Gasteiger partial charge on any atom is 0.261 e. The lowest BCUT2D eigenvalue weighted by atomic mass is 10.2. The maximum absolute atomic E-state index is 11.9. The average Bonchev–Trinajstić information content (AvgIpc) is 2.83. The molecule has 8 heteroatoms. The van der Waals surface area contributed by atoms with E-state index < -0.39 is 0 Å². The molecule has 2 aromatic heterocycles. The SMILES string of the molecule is CCNc1ncccc1C(=O)Nc1nnns1. The third kappa shape index (κ3) is 2.72. The molecule has 0 aliphatic rings. The van der Waals surface area contributed by atoms with Crippen LogP contribution in [0.1, 0.15) is 17.3 Å². The maximum atomic E-state index is 11.9. The number of nitrogens with one attached hydrogen (secondary N) is 2. The van der Waals surface area contributed by atoms with Crippen LogP contribution in [-0.2, 0) is 0 Å². The lowest BCUT2D eigenvalue weighted by Crippen LogP contribution is -2.15. The predicted octanol–water partition coefficient (Wildman–Crippen LogP) is 1.01. The highest BCUT2D eigenvalue weighted by atomic mass is 32.1. The highest BCUT2D eigenvalue weighted by Gasteiger charge is 2.13. The monoisotopic (exact) mass is 250 g/mol. The van der Waals surface area contributed by atoms with E-state index in [9.17, 15) is 4.79 Å². The van der Waals surface area contributed by atoms with Crippen LogP contribution in [0, 0.1) is 0 Å². The third-order valence-electron chi connectivity index (χ3n) is 1.92. The molecule has 0 radical (unpaired) electrons. The average molecular weight is 250 g/mol. The Hall–Kier alpha value is -2.09. The van der Waals surface area contributed by atoms with E-state index in [0.717, 1.165) is 11.5 Å². The molecule has 1 amide bonds. The molecule has 0 saturated carbocycles. The molecule has 88 valence electrons. The Morgan fingerprint density at radius 2 is 2.41 bits per heavy atom. The zero-order valence-corrected chi connectivity index (χ0v) is 9.86. The fraction of sp³-hybridized carbons (Fsp3) is 0.222. The van der Waals surface area contributed by atoms with E-state index in [0.29, 0.717) is 23.1 Å². The van der Waals surface area contributed by atoms with Gasteiger partial charge >= 0.3 is 0 Å². The standard InChI is InChI=1S/C9H10N6OS/c1-2-10-7-6(4-3-5-11-7)8(16)12-9-13-14-15-17-9/h3-5H,2H2,1H3,(H,10,11)(H,12,13,15,16). The minimum atomic E-state index is -0.285. The Balaban J connectivity index is 2.18. The normalized spacial score (nSPS) is 9.94. The zero-order valence-electron chi connectivity index (χ0n) is 9.04. The van der Waals surface area contributed by atoms with Crippen molar-refractivity contribution in [1.29, 1.82) is 0 Å². The quantitative estimate of drug-likeness (QED) is 0.841. The lowest BCUT2D eigenvalue weighted by Gasteiger charge is -2.07. The Labute approximate surface area is 101 Å². The molecule has 0 atom stereocenters. The van der Waals surface area contributed by atoms with Gasteiger partial charge in [0.05, 0.1) is 5.56 Å². The second kappa shape index (κ2) is 5.30. The van der Waals surface area contributed by atoms with Gasteiger partial charge in [0, 0.05) is 24.3 Å². The van der Waals surface area contributed by atoms with Gasteiger partial charge in [0.15, 0.2) is 0 Å². The highest BCUT2D eigenvalue weighted by molar-refractivity contribution is 7.09. The van der Waals surface area contributed by atoms with Crippen molar-refractivity contribution in [2.75, 3.05) is 17.2 Å². The molecule has 2 heterocycles. The van der Waals surface area contributed by atoms with Crippen molar-refractivity contribution in [2.24, 2.45) is 0 Å². The van der Waals surface area contributed by atoms with Crippen LogP contribution in [0.25, 0.3) is 0 Å². The lowest BCUT2D eigenvalue weighted by molar-refractivity contribution is 0.102. The number of nitrogens with zero attached hydrogens (tertiary/aromatic N) is 4. The first-order chi connectivity index (χ1) is 8.31. The van der Waals surface area contributed by atoms with Gasteiger partial charge in [-0.3, -0.25) is 10.1 Å². The molecular formula is C9H10N6OS. The van der Waals surface area contributed by atoms with Crippen LogP contribution in [0.15, 0.2) is 18.3 Å². The Morgan fingerprint density at radius 1 is 1.53 bits per heavy atom. The van der Waals surface area contributed by atoms with Gasteiger partial charge in [-0.05, 0) is 24.3 Å². The Morgan fingerprint density at radius 3 is 3.12 bits per heavy atom. The van der Waals surface area contributed by atoms with E-state index >= 15 is 0 Å². The number of hydrogen-bond acceptors (Lipinski definition) is 7. The van der Waals surface area contributed by atoms with E-state index in [-0.39, 0.29) is 5.91 Å². The minimum absolute atomic E-state index is 0.285. The minimum Gasteiger partial charge on any atom is -0.370 e. The number of amides is 1. The van der Waals surface area contributed by atoms with Crippen LogP contribution in [0.2, 0.25) is 0 Å². The van der Waals surface area contributed by atoms with Gasteiger partial charge in [-0.25, -0.2) is 4.98 Å². The zero-order chi connectivity index (χ0) is 12.1. The number of aromatic nitrogens is 4. The van der Waals surface area contributed by atoms with Crippen molar-refractivity contribution in [3.63, 3.8) is 0 Å². The molecule has 17 heavy (non-hydrogen) atoms. The summed E-state index contributed by atoms with van der Waals surface area (Å²) in [6.45, 7) is 2.63. The molecular weight excluding hydrogens is 240 g/mol. The Bertz CT molecular complexity index is 500. The predicted molar refractivity (Wildman–Crippen MR) is 64.1 cm³/mol. The van der Waals surface area contributed by atoms with E-state index in [2.05, 4.69) is 30.4 Å². The fourth-order valence-corrected chi connectivity index (χ4v) is 1.60. The number of anilines is 2. The van der Waals surface area contributed by atoms with E-state index in [1.165, 1.54) is 0 Å². The van der Waals surface area contributed by atoms with Gasteiger partial charge in [-0.1, -0.05) is 9.59 Å². The van der Waals surface area contributed by atoms with Gasteiger partial charge in [-0.2, -0.15) is 0 Å². The molecule has 7 nitrogen and oxygen atoms in total. The molecule has 0 spiro atoms. The summed E-state index contributed by atoms with van der Waals surface area (Å²) < 4.78 is 3.56. The summed E-state index contributed by atoms with van der Waals surface area (Å²) >= 11 is 1.02. The highest BCUT2D eigenvalue weighted by Crippen LogP contribution is 2.14. The first-order valence-corrected chi connectivity index (χ1v) is 5.74. The van der Waals surface area contributed by atoms with Gasteiger partial charge in [0.25, 0.3) is 5.91 Å². The van der Waals surface area contributed by atoms with E-state index in [1.807, 2.05) is 6.92 Å². The Kier molecular flexibility index (Phi) is 3.55. The first-order valence-electron chi connectivity index (χ1n) is 4.96. The molecule has 0 aliphatic carbocycles. The second-order valence-corrected chi connectivity index (χ2v) is 3.78. The topological polar surface area (TPSA) is 92.7 Å². The van der Waals surface area contributed by atoms with Crippen LogP contribution in [0.5, 0.6) is 0 Å².